The Bertz CT molecular complexity index is 568. The van der Waals surface area contributed by atoms with Gasteiger partial charge in [0.2, 0.25) is 0 Å². The van der Waals surface area contributed by atoms with Gasteiger partial charge >= 0.3 is 0 Å². The molecule has 5 heteroatoms. The zero-order chi connectivity index (χ0) is 13.1. The van der Waals surface area contributed by atoms with Crippen molar-refractivity contribution in [2.45, 2.75) is 32.6 Å². The first-order valence-electron chi connectivity index (χ1n) is 6.73. The fourth-order valence-electron chi connectivity index (χ4n) is 2.26. The van der Waals surface area contributed by atoms with E-state index in [1.807, 2.05) is 12.1 Å². The third-order valence-corrected chi connectivity index (χ3v) is 3.79. The van der Waals surface area contributed by atoms with E-state index in [1.54, 1.807) is 0 Å². The summed E-state index contributed by atoms with van der Waals surface area (Å²) in [5, 5.41) is 4.04. The molecule has 3 rings (SSSR count). The van der Waals surface area contributed by atoms with Gasteiger partial charge in [0.25, 0.3) is 5.19 Å². The summed E-state index contributed by atoms with van der Waals surface area (Å²) in [5.74, 6) is 1.73. The number of fused-ring (bicyclic) bond motifs is 1. The van der Waals surface area contributed by atoms with Crippen molar-refractivity contribution in [3.05, 3.63) is 29.6 Å². The molecule has 0 amide bonds. The van der Waals surface area contributed by atoms with Crippen molar-refractivity contribution >= 4 is 17.2 Å². The number of aromatic nitrogens is 2. The molecule has 19 heavy (non-hydrogen) atoms. The van der Waals surface area contributed by atoms with Gasteiger partial charge in [-0.3, -0.25) is 0 Å². The first-order valence-corrected chi connectivity index (χ1v) is 7.50. The van der Waals surface area contributed by atoms with Gasteiger partial charge in [0.1, 0.15) is 5.82 Å². The van der Waals surface area contributed by atoms with Gasteiger partial charge in [-0.1, -0.05) is 19.1 Å². The molecule has 0 unspecified atom stereocenters. The number of nitrogens with one attached hydrogen (secondary N) is 1. The van der Waals surface area contributed by atoms with Crippen LogP contribution in [0.4, 0.5) is 5.69 Å². The fourth-order valence-corrected chi connectivity index (χ4v) is 2.85. The minimum atomic E-state index is 0.629. The molecule has 1 aromatic carbocycles. The van der Waals surface area contributed by atoms with E-state index in [0.717, 1.165) is 43.1 Å². The summed E-state index contributed by atoms with van der Waals surface area (Å²) in [6.07, 6.45) is 4.25. The topological polar surface area (TPSA) is 47.0 Å². The van der Waals surface area contributed by atoms with Gasteiger partial charge in [-0.2, -0.15) is 9.36 Å². The Morgan fingerprint density at radius 3 is 3.26 bits per heavy atom. The molecular formula is C14H17N3OS. The van der Waals surface area contributed by atoms with Crippen molar-refractivity contribution in [1.82, 2.24) is 9.36 Å². The highest BCUT2D eigenvalue weighted by Crippen LogP contribution is 2.35. The number of hydrogen-bond acceptors (Lipinski definition) is 5. The highest BCUT2D eigenvalue weighted by Gasteiger charge is 2.15. The Kier molecular flexibility index (Phi) is 3.64. The first-order chi connectivity index (χ1) is 9.36. The van der Waals surface area contributed by atoms with E-state index in [9.17, 15) is 0 Å². The average molecular weight is 275 g/mol. The summed E-state index contributed by atoms with van der Waals surface area (Å²) in [5.41, 5.74) is 2.43. The lowest BCUT2D eigenvalue weighted by atomic mass is 10.0. The van der Waals surface area contributed by atoms with Crippen LogP contribution in [0.1, 0.15) is 31.2 Å². The molecule has 100 valence electrons. The van der Waals surface area contributed by atoms with Crippen molar-refractivity contribution in [2.75, 3.05) is 11.9 Å². The number of aryl methyl sites for hydroxylation is 2. The lowest BCUT2D eigenvalue weighted by Crippen LogP contribution is -2.12. The molecule has 1 aliphatic rings. The molecule has 1 aromatic heterocycles. The summed E-state index contributed by atoms with van der Waals surface area (Å²) < 4.78 is 10.2. The van der Waals surface area contributed by atoms with Gasteiger partial charge in [-0.15, -0.1) is 0 Å². The first kappa shape index (κ1) is 12.4. The molecule has 0 saturated carbocycles. The number of rotatable bonds is 4. The Hall–Kier alpha value is -1.62. The maximum atomic E-state index is 5.89. The molecular weight excluding hydrogens is 258 g/mol. The van der Waals surface area contributed by atoms with Gasteiger partial charge in [0, 0.05) is 24.5 Å². The van der Waals surface area contributed by atoms with E-state index in [1.165, 1.54) is 23.5 Å². The van der Waals surface area contributed by atoms with Crippen LogP contribution >= 0.6 is 11.5 Å². The molecule has 0 radical (unpaired) electrons. The summed E-state index contributed by atoms with van der Waals surface area (Å²) in [7, 11) is 0. The summed E-state index contributed by atoms with van der Waals surface area (Å²) >= 11 is 1.32. The molecule has 0 spiro atoms. The fraction of sp³-hybridized carbons (Fsp3) is 0.429. The number of para-hydroxylation sites is 1. The molecule has 0 fully saturated rings. The molecule has 4 nitrogen and oxygen atoms in total. The average Bonchev–Trinajstić information content (AvgIpc) is 2.87. The predicted molar refractivity (Wildman–Crippen MR) is 77.2 cm³/mol. The Labute approximate surface area is 117 Å². The summed E-state index contributed by atoms with van der Waals surface area (Å²) in [4.78, 5) is 4.40. The molecule has 0 aliphatic carbocycles. The van der Waals surface area contributed by atoms with Gasteiger partial charge < -0.3 is 10.1 Å². The summed E-state index contributed by atoms with van der Waals surface area (Å²) in [6.45, 7) is 3.13. The van der Waals surface area contributed by atoms with Crippen molar-refractivity contribution in [1.29, 1.82) is 0 Å². The second-order valence-electron chi connectivity index (χ2n) is 4.65. The van der Waals surface area contributed by atoms with Crippen molar-refractivity contribution in [3.8, 4) is 10.9 Å². The number of benzene rings is 1. The van der Waals surface area contributed by atoms with Crippen molar-refractivity contribution in [2.24, 2.45) is 0 Å². The second-order valence-corrected chi connectivity index (χ2v) is 5.36. The van der Waals surface area contributed by atoms with Gasteiger partial charge in [0.05, 0.1) is 5.69 Å². The van der Waals surface area contributed by atoms with Crippen molar-refractivity contribution < 1.29 is 4.74 Å². The monoisotopic (exact) mass is 275 g/mol. The van der Waals surface area contributed by atoms with Crippen LogP contribution in [-0.2, 0) is 12.8 Å². The van der Waals surface area contributed by atoms with Crippen LogP contribution in [0.25, 0.3) is 0 Å². The molecule has 2 aromatic rings. The van der Waals surface area contributed by atoms with E-state index in [2.05, 4.69) is 27.7 Å². The van der Waals surface area contributed by atoms with Gasteiger partial charge in [-0.25, -0.2) is 0 Å². The Morgan fingerprint density at radius 1 is 1.42 bits per heavy atom. The van der Waals surface area contributed by atoms with Crippen LogP contribution in [-0.4, -0.2) is 15.9 Å². The van der Waals surface area contributed by atoms with E-state index in [-0.39, 0.29) is 0 Å². The number of hydrogen-bond donors (Lipinski definition) is 1. The molecule has 0 atom stereocenters. The SMILES string of the molecule is CCCc1nsc(Oc2cccc3c2NCCC3)n1. The van der Waals surface area contributed by atoms with E-state index in [0.29, 0.717) is 5.19 Å². The third-order valence-electron chi connectivity index (χ3n) is 3.16. The molecule has 2 heterocycles. The molecule has 0 bridgehead atoms. The standard InChI is InChI=1S/C14H17N3OS/c1-2-5-12-16-14(19-17-12)18-11-8-3-6-10-7-4-9-15-13(10)11/h3,6,8,15H,2,4-5,7,9H2,1H3. The van der Waals surface area contributed by atoms with Crippen LogP contribution in [0.3, 0.4) is 0 Å². The van der Waals surface area contributed by atoms with E-state index in [4.69, 9.17) is 4.74 Å². The zero-order valence-corrected chi connectivity index (χ0v) is 11.8. The summed E-state index contributed by atoms with van der Waals surface area (Å²) in [6, 6.07) is 6.17. The quantitative estimate of drug-likeness (QED) is 0.925. The second kappa shape index (κ2) is 5.57. The minimum absolute atomic E-state index is 0.629. The molecule has 1 N–H and O–H groups in total. The molecule has 1 aliphatic heterocycles. The van der Waals surface area contributed by atoms with Gasteiger partial charge in [0.15, 0.2) is 5.75 Å². The highest BCUT2D eigenvalue weighted by molar-refractivity contribution is 7.07. The van der Waals surface area contributed by atoms with Crippen LogP contribution in [0.5, 0.6) is 10.9 Å². The normalized spacial score (nSPS) is 13.7. The van der Waals surface area contributed by atoms with Crippen molar-refractivity contribution in [3.63, 3.8) is 0 Å². The van der Waals surface area contributed by atoms with E-state index >= 15 is 0 Å². The number of nitrogens with zero attached hydrogens (tertiary/aromatic N) is 2. The lowest BCUT2D eigenvalue weighted by molar-refractivity contribution is 0.477. The minimum Gasteiger partial charge on any atom is -0.428 e. The third kappa shape index (κ3) is 2.71. The molecule has 0 saturated heterocycles. The number of ether oxygens (including phenoxy) is 1. The van der Waals surface area contributed by atoms with Gasteiger partial charge in [-0.05, 0) is 30.9 Å². The number of anilines is 1. The van der Waals surface area contributed by atoms with Crippen LogP contribution in [0, 0.1) is 0 Å². The Balaban J connectivity index is 1.82. The predicted octanol–water partition coefficient (Wildman–Crippen LogP) is 3.64. The lowest BCUT2D eigenvalue weighted by Gasteiger charge is -2.20. The highest BCUT2D eigenvalue weighted by atomic mass is 32.1. The van der Waals surface area contributed by atoms with E-state index < -0.39 is 0 Å². The Morgan fingerprint density at radius 2 is 2.37 bits per heavy atom. The maximum Gasteiger partial charge on any atom is 0.298 e. The zero-order valence-electron chi connectivity index (χ0n) is 11.0. The van der Waals surface area contributed by atoms with Crippen LogP contribution < -0.4 is 10.1 Å². The van der Waals surface area contributed by atoms with Crippen LogP contribution in [0.2, 0.25) is 0 Å². The smallest absolute Gasteiger partial charge is 0.298 e. The largest absolute Gasteiger partial charge is 0.428 e. The maximum absolute atomic E-state index is 5.89. The van der Waals surface area contributed by atoms with Crippen LogP contribution in [0.15, 0.2) is 18.2 Å².